The van der Waals surface area contributed by atoms with Gasteiger partial charge in [-0.3, -0.25) is 0 Å². The molecule has 0 spiro atoms. The standard InChI is InChI=1S/C9H15BrF2/c1-3-5-8(7-10)6-9(11,12)4-2/h3,8H,1,4-7H2,2H3. The molecule has 0 heterocycles. The van der Waals surface area contributed by atoms with E-state index in [1.807, 2.05) is 0 Å². The number of rotatable bonds is 6. The third-order valence-electron chi connectivity index (χ3n) is 1.82. The van der Waals surface area contributed by atoms with Crippen molar-refractivity contribution in [2.45, 2.75) is 32.1 Å². The van der Waals surface area contributed by atoms with E-state index in [0.717, 1.165) is 0 Å². The summed E-state index contributed by atoms with van der Waals surface area (Å²) >= 11 is 3.22. The van der Waals surface area contributed by atoms with Gasteiger partial charge in [-0.2, -0.15) is 0 Å². The van der Waals surface area contributed by atoms with E-state index in [9.17, 15) is 8.78 Å². The Balaban J connectivity index is 3.91. The van der Waals surface area contributed by atoms with Crippen molar-refractivity contribution in [3.05, 3.63) is 12.7 Å². The van der Waals surface area contributed by atoms with E-state index in [1.165, 1.54) is 6.92 Å². The molecule has 0 aromatic carbocycles. The maximum atomic E-state index is 12.9. The Kier molecular flexibility index (Phi) is 5.72. The summed E-state index contributed by atoms with van der Waals surface area (Å²) in [5, 5.41) is 0.620. The van der Waals surface area contributed by atoms with E-state index in [2.05, 4.69) is 22.5 Å². The van der Waals surface area contributed by atoms with Crippen molar-refractivity contribution in [1.82, 2.24) is 0 Å². The van der Waals surface area contributed by atoms with Gasteiger partial charge in [0, 0.05) is 18.2 Å². The van der Waals surface area contributed by atoms with Gasteiger partial charge < -0.3 is 0 Å². The zero-order valence-corrected chi connectivity index (χ0v) is 8.91. The SMILES string of the molecule is C=CCC(CBr)CC(F)(F)CC. The second kappa shape index (κ2) is 5.68. The van der Waals surface area contributed by atoms with Crippen molar-refractivity contribution in [3.8, 4) is 0 Å². The highest BCUT2D eigenvalue weighted by Crippen LogP contribution is 2.29. The lowest BCUT2D eigenvalue weighted by Gasteiger charge is -2.19. The average molecular weight is 241 g/mol. The summed E-state index contributed by atoms with van der Waals surface area (Å²) in [4.78, 5) is 0. The van der Waals surface area contributed by atoms with Gasteiger partial charge in [-0.05, 0) is 12.3 Å². The van der Waals surface area contributed by atoms with Gasteiger partial charge in [-0.1, -0.05) is 28.9 Å². The Morgan fingerprint density at radius 3 is 2.50 bits per heavy atom. The number of allylic oxidation sites excluding steroid dienone is 1. The molecule has 0 rings (SSSR count). The van der Waals surface area contributed by atoms with E-state index in [-0.39, 0.29) is 18.8 Å². The third-order valence-corrected chi connectivity index (χ3v) is 2.74. The summed E-state index contributed by atoms with van der Waals surface area (Å²) in [6.45, 7) is 5.05. The molecule has 0 nitrogen and oxygen atoms in total. The highest BCUT2D eigenvalue weighted by atomic mass is 79.9. The molecule has 0 aromatic rings. The first-order valence-corrected chi connectivity index (χ1v) is 5.22. The smallest absolute Gasteiger partial charge is 0.207 e. The van der Waals surface area contributed by atoms with Crippen LogP contribution in [-0.4, -0.2) is 11.3 Å². The van der Waals surface area contributed by atoms with Crippen LogP contribution in [0.15, 0.2) is 12.7 Å². The molecule has 72 valence electrons. The summed E-state index contributed by atoms with van der Waals surface area (Å²) in [7, 11) is 0. The lowest BCUT2D eigenvalue weighted by Crippen LogP contribution is -2.20. The molecule has 0 aromatic heterocycles. The van der Waals surface area contributed by atoms with Crippen molar-refractivity contribution >= 4 is 15.9 Å². The highest BCUT2D eigenvalue weighted by molar-refractivity contribution is 9.09. The van der Waals surface area contributed by atoms with Crippen molar-refractivity contribution in [1.29, 1.82) is 0 Å². The van der Waals surface area contributed by atoms with Crippen LogP contribution in [0, 0.1) is 5.92 Å². The molecule has 0 amide bonds. The summed E-state index contributed by atoms with van der Waals surface area (Å²) in [6, 6.07) is 0. The molecule has 0 saturated carbocycles. The summed E-state index contributed by atoms with van der Waals surface area (Å²) in [5.41, 5.74) is 0. The summed E-state index contributed by atoms with van der Waals surface area (Å²) in [5.74, 6) is -2.50. The van der Waals surface area contributed by atoms with Crippen LogP contribution in [0.1, 0.15) is 26.2 Å². The van der Waals surface area contributed by atoms with Crippen molar-refractivity contribution in [2.24, 2.45) is 5.92 Å². The van der Waals surface area contributed by atoms with Crippen molar-refractivity contribution in [3.63, 3.8) is 0 Å². The molecule has 12 heavy (non-hydrogen) atoms. The molecule has 0 aliphatic carbocycles. The first-order chi connectivity index (χ1) is 5.55. The molecule has 0 saturated heterocycles. The predicted octanol–water partition coefficient (Wildman–Crippen LogP) is 4.01. The molecule has 1 unspecified atom stereocenters. The molecule has 0 aliphatic rings. The second-order valence-corrected chi connectivity index (χ2v) is 3.61. The van der Waals surface area contributed by atoms with Crippen LogP contribution < -0.4 is 0 Å². The summed E-state index contributed by atoms with van der Waals surface area (Å²) in [6.07, 6.45) is 2.23. The van der Waals surface area contributed by atoms with Crippen molar-refractivity contribution in [2.75, 3.05) is 5.33 Å². The normalized spacial score (nSPS) is 14.3. The largest absolute Gasteiger partial charge is 0.248 e. The minimum Gasteiger partial charge on any atom is -0.207 e. The lowest BCUT2D eigenvalue weighted by molar-refractivity contribution is -0.0234. The van der Waals surface area contributed by atoms with Crippen LogP contribution in [0.3, 0.4) is 0 Å². The van der Waals surface area contributed by atoms with E-state index >= 15 is 0 Å². The fraction of sp³-hybridized carbons (Fsp3) is 0.778. The Morgan fingerprint density at radius 2 is 2.17 bits per heavy atom. The van der Waals surface area contributed by atoms with Gasteiger partial charge in [0.15, 0.2) is 0 Å². The molecular formula is C9H15BrF2. The topological polar surface area (TPSA) is 0 Å². The molecule has 0 N–H and O–H groups in total. The highest BCUT2D eigenvalue weighted by Gasteiger charge is 2.29. The maximum Gasteiger partial charge on any atom is 0.248 e. The van der Waals surface area contributed by atoms with Crippen LogP contribution in [0.2, 0.25) is 0 Å². The number of hydrogen-bond donors (Lipinski definition) is 0. The number of hydrogen-bond acceptors (Lipinski definition) is 0. The molecule has 3 heteroatoms. The Morgan fingerprint density at radius 1 is 1.58 bits per heavy atom. The van der Waals surface area contributed by atoms with Gasteiger partial charge in [0.05, 0.1) is 0 Å². The molecule has 0 aliphatic heterocycles. The van der Waals surface area contributed by atoms with Crippen LogP contribution in [-0.2, 0) is 0 Å². The quantitative estimate of drug-likeness (QED) is 0.487. The zero-order chi connectivity index (χ0) is 9.61. The van der Waals surface area contributed by atoms with E-state index in [4.69, 9.17) is 0 Å². The van der Waals surface area contributed by atoms with E-state index in [1.54, 1.807) is 6.08 Å². The van der Waals surface area contributed by atoms with Crippen molar-refractivity contribution < 1.29 is 8.78 Å². The van der Waals surface area contributed by atoms with Gasteiger partial charge in [0.25, 0.3) is 0 Å². The average Bonchev–Trinajstić information content (AvgIpc) is 2.03. The number of halogens is 3. The molecule has 0 radical (unpaired) electrons. The first kappa shape index (κ1) is 12.1. The second-order valence-electron chi connectivity index (χ2n) is 2.96. The Labute approximate surface area is 81.2 Å². The summed E-state index contributed by atoms with van der Waals surface area (Å²) < 4.78 is 25.7. The fourth-order valence-corrected chi connectivity index (χ4v) is 1.50. The third kappa shape index (κ3) is 4.86. The van der Waals surface area contributed by atoms with Crippen LogP contribution >= 0.6 is 15.9 Å². The maximum absolute atomic E-state index is 12.9. The Bertz CT molecular complexity index is 134. The van der Waals surface area contributed by atoms with Crippen LogP contribution in [0.5, 0.6) is 0 Å². The first-order valence-electron chi connectivity index (χ1n) is 4.10. The molecule has 0 bridgehead atoms. The van der Waals surface area contributed by atoms with Gasteiger partial charge in [0.1, 0.15) is 0 Å². The van der Waals surface area contributed by atoms with Gasteiger partial charge in [0.2, 0.25) is 5.92 Å². The molecular weight excluding hydrogens is 226 g/mol. The van der Waals surface area contributed by atoms with Gasteiger partial charge in [-0.25, -0.2) is 8.78 Å². The van der Waals surface area contributed by atoms with Gasteiger partial charge >= 0.3 is 0 Å². The van der Waals surface area contributed by atoms with Gasteiger partial charge in [-0.15, -0.1) is 6.58 Å². The van der Waals surface area contributed by atoms with Crippen LogP contribution in [0.4, 0.5) is 8.78 Å². The molecule has 0 fully saturated rings. The predicted molar refractivity (Wildman–Crippen MR) is 52.0 cm³/mol. The zero-order valence-electron chi connectivity index (χ0n) is 7.32. The lowest BCUT2D eigenvalue weighted by atomic mass is 9.98. The van der Waals surface area contributed by atoms with E-state index < -0.39 is 5.92 Å². The molecule has 1 atom stereocenters. The van der Waals surface area contributed by atoms with Crippen LogP contribution in [0.25, 0.3) is 0 Å². The minimum absolute atomic E-state index is 0.0115. The fourth-order valence-electron chi connectivity index (χ4n) is 1.00. The van der Waals surface area contributed by atoms with E-state index in [0.29, 0.717) is 11.8 Å². The Hall–Kier alpha value is 0.0800. The minimum atomic E-state index is -2.51. The monoisotopic (exact) mass is 240 g/mol. The number of alkyl halides is 3.